The van der Waals surface area contributed by atoms with Gasteiger partial charge in [-0.25, -0.2) is 0 Å². The van der Waals surface area contributed by atoms with Gasteiger partial charge in [-0.2, -0.15) is 0 Å². The Morgan fingerprint density at radius 2 is 1.32 bits per heavy atom. The Morgan fingerprint density at radius 1 is 0.800 bits per heavy atom. The first-order chi connectivity index (χ1) is 11.5. The van der Waals surface area contributed by atoms with Crippen molar-refractivity contribution < 1.29 is 0 Å². The van der Waals surface area contributed by atoms with E-state index in [1.165, 1.54) is 5.56 Å². The molecular weight excluding hydrogens is 300 g/mol. The maximum absolute atomic E-state index is 2.55. The van der Waals surface area contributed by atoms with Crippen molar-refractivity contribution in [2.24, 2.45) is 40.4 Å². The van der Waals surface area contributed by atoms with Gasteiger partial charge >= 0.3 is 0 Å². The van der Waals surface area contributed by atoms with E-state index in [1.807, 2.05) is 0 Å². The van der Waals surface area contributed by atoms with Crippen molar-refractivity contribution in [3.8, 4) is 0 Å². The van der Waals surface area contributed by atoms with Gasteiger partial charge in [-0.3, -0.25) is 0 Å². The minimum Gasteiger partial charge on any atom is -0.0622 e. The molecule has 0 aromatic heterocycles. The van der Waals surface area contributed by atoms with Gasteiger partial charge in [0, 0.05) is 0 Å². The molecule has 140 valence electrons. The molecule has 0 fully saturated rings. The molecular formula is C25H40. The zero-order valence-corrected chi connectivity index (χ0v) is 18.3. The lowest BCUT2D eigenvalue weighted by atomic mass is 9.44. The molecule has 1 aromatic carbocycles. The highest BCUT2D eigenvalue weighted by molar-refractivity contribution is 5.75. The van der Waals surface area contributed by atoms with Crippen LogP contribution in [0.5, 0.6) is 0 Å². The molecule has 0 spiro atoms. The molecule has 0 saturated carbocycles. The Labute approximate surface area is 157 Å². The number of allylic oxidation sites excluding steroid dienone is 2. The number of benzene rings is 1. The van der Waals surface area contributed by atoms with Crippen LogP contribution in [0.3, 0.4) is 0 Å². The third-order valence-electron chi connectivity index (χ3n) is 8.19. The second kappa shape index (κ2) is 6.93. The minimum atomic E-state index is 0.187. The molecule has 0 nitrogen and oxygen atoms in total. The van der Waals surface area contributed by atoms with E-state index < -0.39 is 0 Å². The van der Waals surface area contributed by atoms with Crippen LogP contribution in [-0.2, 0) is 0 Å². The predicted octanol–water partition coefficient (Wildman–Crippen LogP) is 7.71. The van der Waals surface area contributed by atoms with Gasteiger partial charge in [0.2, 0.25) is 0 Å². The molecule has 2 rings (SSSR count). The topological polar surface area (TPSA) is 0 Å². The summed E-state index contributed by atoms with van der Waals surface area (Å²) in [7, 11) is 0. The summed E-state index contributed by atoms with van der Waals surface area (Å²) in [5.41, 5.74) is 5.27. The molecule has 25 heavy (non-hydrogen) atoms. The average Bonchev–Trinajstić information content (AvgIpc) is 2.55. The van der Waals surface area contributed by atoms with E-state index in [9.17, 15) is 0 Å². The Morgan fingerprint density at radius 3 is 1.72 bits per heavy atom. The van der Waals surface area contributed by atoms with Gasteiger partial charge in [0.1, 0.15) is 0 Å². The summed E-state index contributed by atoms with van der Waals surface area (Å²) >= 11 is 0. The third-order valence-corrected chi connectivity index (χ3v) is 8.19. The normalized spacial score (nSPS) is 33.6. The van der Waals surface area contributed by atoms with E-state index >= 15 is 0 Å². The first-order valence-electron chi connectivity index (χ1n) is 10.3. The maximum Gasteiger partial charge on any atom is -0.00155 e. The van der Waals surface area contributed by atoms with Crippen LogP contribution in [0.25, 0.3) is 5.57 Å². The highest BCUT2D eigenvalue weighted by Gasteiger charge is 2.56. The molecule has 4 atom stereocenters. The second-order valence-electron chi connectivity index (χ2n) is 9.75. The number of hydrogen-bond acceptors (Lipinski definition) is 0. The van der Waals surface area contributed by atoms with Crippen molar-refractivity contribution in [3.05, 3.63) is 41.5 Å². The van der Waals surface area contributed by atoms with Crippen molar-refractivity contribution in [2.75, 3.05) is 0 Å². The lowest BCUT2D eigenvalue weighted by molar-refractivity contribution is -0.0206. The molecule has 4 unspecified atom stereocenters. The van der Waals surface area contributed by atoms with E-state index in [-0.39, 0.29) is 5.41 Å². The van der Waals surface area contributed by atoms with Crippen molar-refractivity contribution in [1.29, 1.82) is 0 Å². The fraction of sp³-hybridized carbons (Fsp3) is 0.680. The van der Waals surface area contributed by atoms with Gasteiger partial charge in [0.15, 0.2) is 0 Å². The molecule has 0 bridgehead atoms. The van der Waals surface area contributed by atoms with Gasteiger partial charge in [0.05, 0.1) is 0 Å². The Hall–Kier alpha value is -1.04. The highest BCUT2D eigenvalue weighted by atomic mass is 14.6. The Bertz CT molecular complexity index is 619. The van der Waals surface area contributed by atoms with Crippen LogP contribution >= 0.6 is 0 Å². The van der Waals surface area contributed by atoms with Crippen LogP contribution in [0.4, 0.5) is 0 Å². The van der Waals surface area contributed by atoms with E-state index in [1.54, 1.807) is 11.1 Å². The van der Waals surface area contributed by atoms with Crippen molar-refractivity contribution in [2.45, 2.75) is 69.2 Å². The van der Waals surface area contributed by atoms with Gasteiger partial charge < -0.3 is 0 Å². The highest BCUT2D eigenvalue weighted by Crippen LogP contribution is 2.64. The van der Waals surface area contributed by atoms with Crippen LogP contribution in [0, 0.1) is 40.4 Å². The summed E-state index contributed by atoms with van der Waals surface area (Å²) in [5, 5.41) is 0. The van der Waals surface area contributed by atoms with Crippen LogP contribution < -0.4 is 0 Å². The van der Waals surface area contributed by atoms with E-state index in [4.69, 9.17) is 0 Å². The maximum atomic E-state index is 2.55. The zero-order chi connectivity index (χ0) is 19.2. The Balaban J connectivity index is 2.91. The number of rotatable bonds is 4. The van der Waals surface area contributed by atoms with E-state index in [0.717, 1.165) is 0 Å². The lowest BCUT2D eigenvalue weighted by Gasteiger charge is -2.60. The predicted molar refractivity (Wildman–Crippen MR) is 112 cm³/mol. The number of hydrogen-bond donors (Lipinski definition) is 0. The molecule has 0 heterocycles. The molecule has 1 aromatic rings. The largest absolute Gasteiger partial charge is 0.0622 e. The fourth-order valence-corrected chi connectivity index (χ4v) is 5.76. The summed E-state index contributed by atoms with van der Waals surface area (Å²) in [6.45, 7) is 24.6. The first kappa shape index (κ1) is 20.3. The summed E-state index contributed by atoms with van der Waals surface area (Å²) in [5.74, 6) is 3.09. The zero-order valence-electron chi connectivity index (χ0n) is 18.3. The van der Waals surface area contributed by atoms with Gasteiger partial charge in [0.25, 0.3) is 0 Å². The van der Waals surface area contributed by atoms with Crippen LogP contribution in [0.15, 0.2) is 35.9 Å². The van der Waals surface area contributed by atoms with Crippen LogP contribution in [0.2, 0.25) is 0 Å². The Kier molecular flexibility index (Phi) is 5.62. The minimum absolute atomic E-state index is 0.187. The third kappa shape index (κ3) is 2.90. The van der Waals surface area contributed by atoms with Crippen molar-refractivity contribution in [3.63, 3.8) is 0 Å². The SMILES string of the molecule is CC(C)C1=C(c2ccccc2)C(C)(C(C)C)C(C)C(C)(C(C)C)C1C. The monoisotopic (exact) mass is 340 g/mol. The molecule has 0 saturated heterocycles. The lowest BCUT2D eigenvalue weighted by Crippen LogP contribution is -2.52. The summed E-state index contributed by atoms with van der Waals surface area (Å²) in [6.07, 6.45) is 0. The summed E-state index contributed by atoms with van der Waals surface area (Å²) in [6, 6.07) is 11.2. The summed E-state index contributed by atoms with van der Waals surface area (Å²) in [4.78, 5) is 0. The molecule has 0 amide bonds. The smallest absolute Gasteiger partial charge is 0.00155 e. The van der Waals surface area contributed by atoms with Gasteiger partial charge in [-0.15, -0.1) is 0 Å². The first-order valence-corrected chi connectivity index (χ1v) is 10.3. The fourth-order valence-electron chi connectivity index (χ4n) is 5.76. The molecule has 1 aliphatic carbocycles. The molecule has 1 aliphatic rings. The summed E-state index contributed by atoms with van der Waals surface area (Å²) < 4.78 is 0. The quantitative estimate of drug-likeness (QED) is 0.526. The standard InChI is InChI=1S/C25H40/c1-16(2)22-19(7)24(9,17(3)4)20(8)25(10,18(5)6)23(22)21-14-12-11-13-15-21/h11-20H,1-10H3. The van der Waals surface area contributed by atoms with E-state index in [0.29, 0.717) is 35.0 Å². The molecule has 0 radical (unpaired) electrons. The van der Waals surface area contributed by atoms with Crippen LogP contribution in [-0.4, -0.2) is 0 Å². The van der Waals surface area contributed by atoms with E-state index in [2.05, 4.69) is 99.6 Å². The molecule has 0 heteroatoms. The molecule has 0 aliphatic heterocycles. The molecule has 0 N–H and O–H groups in total. The van der Waals surface area contributed by atoms with Crippen LogP contribution in [0.1, 0.15) is 74.8 Å². The van der Waals surface area contributed by atoms with Crippen molar-refractivity contribution in [1.82, 2.24) is 0 Å². The van der Waals surface area contributed by atoms with Gasteiger partial charge in [-0.1, -0.05) is 105 Å². The second-order valence-corrected chi connectivity index (χ2v) is 9.75. The van der Waals surface area contributed by atoms with Crippen molar-refractivity contribution >= 4 is 5.57 Å². The average molecular weight is 341 g/mol. The van der Waals surface area contributed by atoms with Gasteiger partial charge in [-0.05, 0) is 51.6 Å².